The Bertz CT molecular complexity index is 565. The first-order valence-electron chi connectivity index (χ1n) is 5.54. The fourth-order valence-electron chi connectivity index (χ4n) is 1.43. The van der Waals surface area contributed by atoms with Gasteiger partial charge >= 0.3 is 0 Å². The molecule has 0 aliphatic heterocycles. The second kappa shape index (κ2) is 4.95. The Hall–Kier alpha value is -2.24. The molecule has 94 valence electrons. The van der Waals surface area contributed by atoms with E-state index in [1.54, 1.807) is 6.07 Å². The fraction of sp³-hybridized carbons (Fsp3) is 0.250. The number of halogens is 1. The van der Waals surface area contributed by atoms with Crippen LogP contribution in [0.5, 0.6) is 0 Å². The van der Waals surface area contributed by atoms with Gasteiger partial charge in [0.15, 0.2) is 5.82 Å². The van der Waals surface area contributed by atoms with Gasteiger partial charge in [0.1, 0.15) is 0 Å². The number of amides is 1. The van der Waals surface area contributed by atoms with Gasteiger partial charge in [-0.3, -0.25) is 9.89 Å². The van der Waals surface area contributed by atoms with Crippen molar-refractivity contribution in [1.29, 1.82) is 0 Å². The third-order valence-electron chi connectivity index (χ3n) is 2.45. The van der Waals surface area contributed by atoms with Crippen molar-refractivity contribution in [3.05, 3.63) is 41.6 Å². The first kappa shape index (κ1) is 12.2. The lowest BCUT2D eigenvalue weighted by atomic mass is 10.1. The second-order valence-electron chi connectivity index (χ2n) is 4.18. The molecule has 0 atom stereocenters. The summed E-state index contributed by atoms with van der Waals surface area (Å²) < 4.78 is 12.9. The number of pyridine rings is 1. The van der Waals surface area contributed by atoms with E-state index < -0.39 is 11.9 Å². The Balaban J connectivity index is 2.11. The van der Waals surface area contributed by atoms with E-state index in [2.05, 4.69) is 20.5 Å². The number of hydrogen-bond donors (Lipinski definition) is 2. The summed E-state index contributed by atoms with van der Waals surface area (Å²) >= 11 is 0. The number of aromatic amines is 1. The second-order valence-corrected chi connectivity index (χ2v) is 4.18. The molecule has 1 amide bonds. The van der Waals surface area contributed by atoms with E-state index in [1.807, 2.05) is 13.8 Å². The summed E-state index contributed by atoms with van der Waals surface area (Å²) in [5.74, 6) is -0.395. The van der Waals surface area contributed by atoms with Gasteiger partial charge in [-0.1, -0.05) is 13.8 Å². The number of hydrogen-bond acceptors (Lipinski definition) is 3. The lowest BCUT2D eigenvalue weighted by Gasteiger charge is -2.01. The van der Waals surface area contributed by atoms with Crippen molar-refractivity contribution in [3.63, 3.8) is 0 Å². The largest absolute Gasteiger partial charge is 0.305 e. The monoisotopic (exact) mass is 248 g/mol. The molecule has 0 bridgehead atoms. The highest BCUT2D eigenvalue weighted by Crippen LogP contribution is 2.15. The van der Waals surface area contributed by atoms with Crippen LogP contribution in [0.1, 0.15) is 35.8 Å². The van der Waals surface area contributed by atoms with Gasteiger partial charge in [-0.05, 0) is 12.0 Å². The van der Waals surface area contributed by atoms with Crippen molar-refractivity contribution in [2.24, 2.45) is 0 Å². The van der Waals surface area contributed by atoms with Crippen molar-refractivity contribution in [2.45, 2.75) is 19.8 Å². The normalized spacial score (nSPS) is 10.7. The summed E-state index contributed by atoms with van der Waals surface area (Å²) in [7, 11) is 0. The summed E-state index contributed by atoms with van der Waals surface area (Å²) in [6.45, 7) is 4.02. The number of anilines is 1. The van der Waals surface area contributed by atoms with Gasteiger partial charge in [0.25, 0.3) is 5.91 Å². The molecule has 2 heterocycles. The average molecular weight is 248 g/mol. The average Bonchev–Trinajstić information content (AvgIpc) is 2.77. The zero-order valence-corrected chi connectivity index (χ0v) is 10.1. The maximum atomic E-state index is 12.9. The molecule has 0 unspecified atom stereocenters. The molecule has 2 rings (SSSR count). The van der Waals surface area contributed by atoms with Crippen molar-refractivity contribution in [1.82, 2.24) is 15.2 Å². The van der Waals surface area contributed by atoms with Crippen LogP contribution in [0.2, 0.25) is 0 Å². The van der Waals surface area contributed by atoms with E-state index >= 15 is 0 Å². The Labute approximate surface area is 103 Å². The number of nitrogens with zero attached hydrogens (tertiary/aromatic N) is 2. The highest BCUT2D eigenvalue weighted by atomic mass is 19.1. The molecule has 0 spiro atoms. The quantitative estimate of drug-likeness (QED) is 0.819. The molecule has 0 aliphatic rings. The number of H-pyrrole nitrogens is 1. The molecular weight excluding hydrogens is 235 g/mol. The molecule has 0 aliphatic carbocycles. The smallest absolute Gasteiger partial charge is 0.257 e. The van der Waals surface area contributed by atoms with Crippen molar-refractivity contribution >= 4 is 11.7 Å². The van der Waals surface area contributed by atoms with Crippen LogP contribution in [0, 0.1) is 5.95 Å². The highest BCUT2D eigenvalue weighted by Gasteiger charge is 2.10. The molecular formula is C12H13FN4O. The van der Waals surface area contributed by atoms with E-state index in [1.165, 1.54) is 12.3 Å². The predicted octanol–water partition coefficient (Wildman–Crippen LogP) is 2.32. The lowest BCUT2D eigenvalue weighted by molar-refractivity contribution is 0.102. The minimum absolute atomic E-state index is 0.205. The number of nitrogens with one attached hydrogen (secondary N) is 2. The molecule has 0 saturated carbocycles. The van der Waals surface area contributed by atoms with Gasteiger partial charge in [0.05, 0.1) is 0 Å². The molecule has 0 radical (unpaired) electrons. The summed E-state index contributed by atoms with van der Waals surface area (Å²) in [6.07, 6.45) is 1.24. The van der Waals surface area contributed by atoms with Gasteiger partial charge in [-0.15, -0.1) is 0 Å². The van der Waals surface area contributed by atoms with E-state index in [9.17, 15) is 9.18 Å². The van der Waals surface area contributed by atoms with E-state index in [4.69, 9.17) is 0 Å². The van der Waals surface area contributed by atoms with Gasteiger partial charge in [0.2, 0.25) is 5.95 Å². The molecule has 0 fully saturated rings. The Morgan fingerprint density at radius 3 is 2.83 bits per heavy atom. The zero-order valence-electron chi connectivity index (χ0n) is 10.1. The van der Waals surface area contributed by atoms with Crippen LogP contribution in [0.4, 0.5) is 10.2 Å². The van der Waals surface area contributed by atoms with Crippen molar-refractivity contribution < 1.29 is 9.18 Å². The Morgan fingerprint density at radius 2 is 2.22 bits per heavy atom. The van der Waals surface area contributed by atoms with Gasteiger partial charge in [-0.2, -0.15) is 9.49 Å². The number of rotatable bonds is 3. The van der Waals surface area contributed by atoms with Crippen LogP contribution < -0.4 is 5.32 Å². The molecule has 6 heteroatoms. The van der Waals surface area contributed by atoms with Crippen molar-refractivity contribution in [2.75, 3.05) is 5.32 Å². The summed E-state index contributed by atoms with van der Waals surface area (Å²) in [6, 6.07) is 4.26. The topological polar surface area (TPSA) is 70.7 Å². The molecule has 2 aromatic heterocycles. The number of carbonyl (C=O) groups excluding carboxylic acids is 1. The molecule has 2 N–H and O–H groups in total. The maximum absolute atomic E-state index is 12.9. The molecule has 18 heavy (non-hydrogen) atoms. The van der Waals surface area contributed by atoms with Crippen LogP contribution >= 0.6 is 0 Å². The summed E-state index contributed by atoms with van der Waals surface area (Å²) in [5, 5.41) is 9.37. The van der Waals surface area contributed by atoms with Gasteiger partial charge < -0.3 is 5.32 Å². The van der Waals surface area contributed by atoms with Crippen molar-refractivity contribution in [3.8, 4) is 0 Å². The fourth-order valence-corrected chi connectivity index (χ4v) is 1.43. The molecule has 0 saturated heterocycles. The summed E-state index contributed by atoms with van der Waals surface area (Å²) in [5.41, 5.74) is 1.13. The number of aromatic nitrogens is 3. The van der Waals surface area contributed by atoms with E-state index in [0.717, 1.165) is 11.8 Å². The first-order chi connectivity index (χ1) is 8.56. The minimum Gasteiger partial charge on any atom is -0.305 e. The van der Waals surface area contributed by atoms with Crippen LogP contribution in [-0.2, 0) is 0 Å². The minimum atomic E-state index is -0.687. The Kier molecular flexibility index (Phi) is 3.36. The van der Waals surface area contributed by atoms with E-state index in [-0.39, 0.29) is 5.56 Å². The zero-order chi connectivity index (χ0) is 13.1. The van der Waals surface area contributed by atoms with E-state index in [0.29, 0.717) is 11.7 Å². The molecule has 0 aromatic carbocycles. The highest BCUT2D eigenvalue weighted by molar-refractivity contribution is 6.03. The van der Waals surface area contributed by atoms with Crippen LogP contribution in [0.15, 0.2) is 24.4 Å². The van der Waals surface area contributed by atoms with Crippen LogP contribution in [0.25, 0.3) is 0 Å². The van der Waals surface area contributed by atoms with Gasteiger partial charge in [-0.25, -0.2) is 4.98 Å². The lowest BCUT2D eigenvalue weighted by Crippen LogP contribution is -2.12. The standard InChI is InChI=1S/C12H13FN4O/c1-7(2)9-6-11(17-16-9)15-12(18)8-3-4-14-10(13)5-8/h3-7H,1-2H3,(H2,15,16,17,18). The Morgan fingerprint density at radius 1 is 1.44 bits per heavy atom. The maximum Gasteiger partial charge on any atom is 0.257 e. The summed E-state index contributed by atoms with van der Waals surface area (Å²) in [4.78, 5) is 15.2. The van der Waals surface area contributed by atoms with Crippen LogP contribution in [0.3, 0.4) is 0 Å². The predicted molar refractivity (Wildman–Crippen MR) is 64.8 cm³/mol. The van der Waals surface area contributed by atoms with Gasteiger partial charge in [0, 0.05) is 29.6 Å². The number of carbonyl (C=O) groups is 1. The third kappa shape index (κ3) is 2.71. The molecule has 2 aromatic rings. The molecule has 5 nitrogen and oxygen atoms in total. The third-order valence-corrected chi connectivity index (χ3v) is 2.45. The first-order valence-corrected chi connectivity index (χ1v) is 5.54. The SMILES string of the molecule is CC(C)c1cc(NC(=O)c2ccnc(F)c2)n[nH]1. The van der Waals surface area contributed by atoms with Crippen LogP contribution in [-0.4, -0.2) is 21.1 Å².